The highest BCUT2D eigenvalue weighted by Gasteiger charge is 2.33. The molecule has 0 unspecified atom stereocenters. The van der Waals surface area contributed by atoms with Crippen LogP contribution in [0.3, 0.4) is 0 Å². The Morgan fingerprint density at radius 2 is 1.55 bits per heavy atom. The molecule has 2 saturated heterocycles. The molecule has 3 N–H and O–H groups in total. The molecule has 2 rings (SSSR count). The number of rotatable bonds is 7. The Kier molecular flexibility index (Phi) is 10.3. The van der Waals surface area contributed by atoms with Gasteiger partial charge in [-0.15, -0.1) is 0 Å². The van der Waals surface area contributed by atoms with Crippen LogP contribution in [0.4, 0.5) is 4.79 Å². The van der Waals surface area contributed by atoms with E-state index in [4.69, 9.17) is 19.9 Å². The van der Waals surface area contributed by atoms with Crippen LogP contribution < -0.4 is 11.1 Å². The predicted molar refractivity (Wildman–Crippen MR) is 107 cm³/mol. The van der Waals surface area contributed by atoms with Gasteiger partial charge in [0.1, 0.15) is 11.6 Å². The molecule has 0 saturated carbocycles. The van der Waals surface area contributed by atoms with Crippen molar-refractivity contribution >= 4 is 17.9 Å². The van der Waals surface area contributed by atoms with Gasteiger partial charge >= 0.3 is 6.09 Å². The first-order valence-electron chi connectivity index (χ1n) is 9.89. The number of ether oxygens (including phenoxy) is 3. The van der Waals surface area contributed by atoms with Gasteiger partial charge in [-0.05, 0) is 33.6 Å². The van der Waals surface area contributed by atoms with Gasteiger partial charge in [-0.2, -0.15) is 0 Å². The van der Waals surface area contributed by atoms with E-state index in [2.05, 4.69) is 5.32 Å². The van der Waals surface area contributed by atoms with Crippen LogP contribution in [0.1, 0.15) is 33.6 Å². The van der Waals surface area contributed by atoms with Crippen LogP contribution in [0.2, 0.25) is 0 Å². The minimum Gasteiger partial charge on any atom is -0.444 e. The van der Waals surface area contributed by atoms with Crippen LogP contribution >= 0.6 is 0 Å². The SMILES string of the molecule is COCCN1CC[C@H](N)C1=O.COCCN1CC[C@H](NC(=O)OC(C)(C)C)C1=O. The third-order valence-electron chi connectivity index (χ3n) is 4.46. The van der Waals surface area contributed by atoms with Crippen molar-refractivity contribution < 1.29 is 28.6 Å². The molecule has 0 aromatic carbocycles. The number of carbonyl (C=O) groups excluding carboxylic acids is 3. The maximum atomic E-state index is 11.9. The minimum atomic E-state index is -0.554. The number of hydrogen-bond acceptors (Lipinski definition) is 7. The average Bonchev–Trinajstić information content (AvgIpc) is 3.13. The van der Waals surface area contributed by atoms with E-state index in [0.717, 1.165) is 13.0 Å². The lowest BCUT2D eigenvalue weighted by Gasteiger charge is -2.21. The maximum Gasteiger partial charge on any atom is 0.408 e. The molecular formula is C19H36N4O6. The number of amides is 3. The van der Waals surface area contributed by atoms with E-state index in [0.29, 0.717) is 39.3 Å². The summed E-state index contributed by atoms with van der Waals surface area (Å²) in [5.41, 5.74) is 4.95. The number of methoxy groups -OCH3 is 2. The highest BCUT2D eigenvalue weighted by Crippen LogP contribution is 2.13. The fraction of sp³-hybridized carbons (Fsp3) is 0.842. The molecule has 0 radical (unpaired) electrons. The molecular weight excluding hydrogens is 380 g/mol. The molecule has 29 heavy (non-hydrogen) atoms. The number of nitrogens with one attached hydrogen (secondary N) is 1. The highest BCUT2D eigenvalue weighted by molar-refractivity contribution is 5.87. The van der Waals surface area contributed by atoms with Crippen molar-refractivity contribution in [1.29, 1.82) is 0 Å². The second-order valence-corrected chi connectivity index (χ2v) is 8.02. The van der Waals surface area contributed by atoms with Crippen LogP contribution in [0.5, 0.6) is 0 Å². The van der Waals surface area contributed by atoms with Gasteiger partial charge in [0.05, 0.1) is 19.3 Å². The first-order valence-corrected chi connectivity index (χ1v) is 9.89. The van der Waals surface area contributed by atoms with Crippen LogP contribution in [-0.2, 0) is 23.8 Å². The van der Waals surface area contributed by atoms with Crippen molar-refractivity contribution in [1.82, 2.24) is 15.1 Å². The zero-order chi connectivity index (χ0) is 22.0. The summed E-state index contributed by atoms with van der Waals surface area (Å²) in [6.07, 6.45) is 0.846. The summed E-state index contributed by atoms with van der Waals surface area (Å²) in [6.45, 7) is 9.11. The van der Waals surface area contributed by atoms with Crippen molar-refractivity contribution in [3.8, 4) is 0 Å². The van der Waals surface area contributed by atoms with Gasteiger partial charge in [-0.25, -0.2) is 4.79 Å². The fourth-order valence-corrected chi connectivity index (χ4v) is 2.93. The van der Waals surface area contributed by atoms with Crippen molar-refractivity contribution in [3.63, 3.8) is 0 Å². The monoisotopic (exact) mass is 416 g/mol. The molecule has 2 fully saturated rings. The smallest absolute Gasteiger partial charge is 0.408 e. The zero-order valence-corrected chi connectivity index (χ0v) is 18.2. The molecule has 0 bridgehead atoms. The van der Waals surface area contributed by atoms with Gasteiger partial charge in [-0.1, -0.05) is 0 Å². The molecule has 3 amide bonds. The topological polar surface area (TPSA) is 123 Å². The quantitative estimate of drug-likeness (QED) is 0.596. The highest BCUT2D eigenvalue weighted by atomic mass is 16.6. The molecule has 2 heterocycles. The van der Waals surface area contributed by atoms with Gasteiger partial charge in [-0.3, -0.25) is 9.59 Å². The van der Waals surface area contributed by atoms with Crippen LogP contribution in [0.15, 0.2) is 0 Å². The minimum absolute atomic E-state index is 0.0575. The molecule has 0 aromatic rings. The number of carbonyl (C=O) groups is 3. The number of alkyl carbamates (subject to hydrolysis) is 1. The van der Waals surface area contributed by atoms with E-state index in [1.54, 1.807) is 44.8 Å². The lowest BCUT2D eigenvalue weighted by atomic mass is 10.2. The van der Waals surface area contributed by atoms with Gasteiger partial charge < -0.3 is 35.1 Å². The maximum absolute atomic E-state index is 11.9. The fourth-order valence-electron chi connectivity index (χ4n) is 2.93. The van der Waals surface area contributed by atoms with Gasteiger partial charge in [0.15, 0.2) is 0 Å². The van der Waals surface area contributed by atoms with Crippen LogP contribution in [0.25, 0.3) is 0 Å². The zero-order valence-electron chi connectivity index (χ0n) is 18.2. The Balaban J connectivity index is 0.000000326. The van der Waals surface area contributed by atoms with E-state index in [1.165, 1.54) is 0 Å². The van der Waals surface area contributed by atoms with Crippen molar-refractivity contribution in [2.75, 3.05) is 53.6 Å². The van der Waals surface area contributed by atoms with E-state index in [-0.39, 0.29) is 17.9 Å². The average molecular weight is 417 g/mol. The van der Waals surface area contributed by atoms with Crippen molar-refractivity contribution in [2.24, 2.45) is 5.73 Å². The molecule has 0 aliphatic carbocycles. The van der Waals surface area contributed by atoms with Gasteiger partial charge in [0.2, 0.25) is 11.8 Å². The van der Waals surface area contributed by atoms with E-state index in [1.807, 2.05) is 0 Å². The Morgan fingerprint density at radius 3 is 2.00 bits per heavy atom. The number of likely N-dealkylation sites (tertiary alicyclic amines) is 2. The van der Waals surface area contributed by atoms with Gasteiger partial charge in [0, 0.05) is 40.4 Å². The summed E-state index contributed by atoms with van der Waals surface area (Å²) in [5, 5.41) is 2.60. The Labute approximate surface area is 173 Å². The van der Waals surface area contributed by atoms with E-state index >= 15 is 0 Å². The second-order valence-electron chi connectivity index (χ2n) is 8.02. The molecule has 10 heteroatoms. The predicted octanol–water partition coefficient (Wildman–Crippen LogP) is -0.0492. The lowest BCUT2D eigenvalue weighted by molar-refractivity contribution is -0.130. The largest absolute Gasteiger partial charge is 0.444 e. The first kappa shape index (κ1) is 25.1. The Bertz CT molecular complexity index is 551. The summed E-state index contributed by atoms with van der Waals surface area (Å²) < 4.78 is 14.9. The van der Waals surface area contributed by atoms with Crippen LogP contribution in [-0.4, -0.2) is 99.0 Å². The molecule has 2 aliphatic heterocycles. The van der Waals surface area contributed by atoms with Crippen molar-refractivity contribution in [2.45, 2.75) is 51.3 Å². The standard InChI is InChI=1S/C12H22N2O4.C7H14N2O2/c1-12(2,3)18-11(16)13-9-5-6-14(10(9)15)7-8-17-4;1-11-5-4-9-3-2-6(8)7(9)10/h9H,5-8H2,1-4H3,(H,13,16);6H,2-5,8H2,1H3/t9-;6-/m00/s1. The Hall–Kier alpha value is -1.91. The molecule has 10 nitrogen and oxygen atoms in total. The summed E-state index contributed by atoms with van der Waals surface area (Å²) in [4.78, 5) is 38.1. The number of nitrogens with zero attached hydrogens (tertiary/aromatic N) is 2. The van der Waals surface area contributed by atoms with Gasteiger partial charge in [0.25, 0.3) is 0 Å². The molecule has 0 spiro atoms. The molecule has 168 valence electrons. The molecule has 2 atom stereocenters. The number of hydrogen-bond donors (Lipinski definition) is 2. The third-order valence-corrected chi connectivity index (χ3v) is 4.46. The normalized spacial score (nSPS) is 21.9. The second kappa shape index (κ2) is 11.9. The summed E-state index contributed by atoms with van der Waals surface area (Å²) in [5.74, 6) is -0.0139. The molecule has 2 aliphatic rings. The summed E-state index contributed by atoms with van der Waals surface area (Å²) in [6, 6.07) is -0.747. The lowest BCUT2D eigenvalue weighted by Crippen LogP contribution is -2.44. The first-order chi connectivity index (χ1) is 13.6. The molecule has 0 aromatic heterocycles. The summed E-state index contributed by atoms with van der Waals surface area (Å²) in [7, 11) is 3.22. The van der Waals surface area contributed by atoms with E-state index < -0.39 is 17.7 Å². The van der Waals surface area contributed by atoms with Crippen LogP contribution in [0, 0.1) is 0 Å². The van der Waals surface area contributed by atoms with E-state index in [9.17, 15) is 14.4 Å². The third kappa shape index (κ3) is 8.97. The van der Waals surface area contributed by atoms with Crippen molar-refractivity contribution in [3.05, 3.63) is 0 Å². The number of nitrogens with two attached hydrogens (primary N) is 1. The Morgan fingerprint density at radius 1 is 1.03 bits per heavy atom. The summed E-state index contributed by atoms with van der Waals surface area (Å²) >= 11 is 0.